The summed E-state index contributed by atoms with van der Waals surface area (Å²) < 4.78 is 4.55. The molecule has 0 amide bonds. The molecular weight excluding hydrogens is 414 g/mol. The Morgan fingerprint density at radius 3 is 2.58 bits per heavy atom. The first-order valence-electron chi connectivity index (χ1n) is 9.70. The summed E-state index contributed by atoms with van der Waals surface area (Å²) >= 11 is 6.00. The lowest BCUT2D eigenvalue weighted by atomic mass is 10.1. The second kappa shape index (κ2) is 10.0. The van der Waals surface area contributed by atoms with Crippen molar-refractivity contribution in [3.63, 3.8) is 0 Å². The number of fused-ring (bicyclic) bond motifs is 1. The lowest BCUT2D eigenvalue weighted by molar-refractivity contribution is -0.138. The van der Waals surface area contributed by atoms with E-state index in [-0.39, 0.29) is 5.60 Å². The highest BCUT2D eigenvalue weighted by Crippen LogP contribution is 2.22. The molecule has 0 aliphatic carbocycles. The van der Waals surface area contributed by atoms with Crippen LogP contribution < -0.4 is 5.32 Å². The zero-order valence-electron chi connectivity index (χ0n) is 17.6. The molecule has 0 atom stereocenters. The highest BCUT2D eigenvalue weighted by Gasteiger charge is 2.07. The lowest BCUT2D eigenvalue weighted by Crippen LogP contribution is -2.17. The topological polar surface area (TPSA) is 92.8 Å². The number of nitrogens with zero attached hydrogens (tertiary/aromatic N) is 3. The maximum atomic E-state index is 9.60. The Balaban J connectivity index is 0.000000339. The molecule has 2 N–H and O–H groups in total. The molecule has 0 unspecified atom stereocenters. The SMILES string of the molecule is CC(C)(C)OC=O.Clc1cccc(CNc2cnc3cc(-c4cn[nH]c4)ccc3n2)c1. The number of nitrogens with one attached hydrogen (secondary N) is 2. The molecule has 0 fully saturated rings. The first-order chi connectivity index (χ1) is 14.8. The predicted octanol–water partition coefficient (Wildman–Crippen LogP) is 5.24. The van der Waals surface area contributed by atoms with Gasteiger partial charge in [0, 0.05) is 23.3 Å². The van der Waals surface area contributed by atoms with Crippen molar-refractivity contribution in [1.82, 2.24) is 20.2 Å². The fraction of sp³-hybridized carbons (Fsp3) is 0.217. The number of H-pyrrole nitrogens is 1. The van der Waals surface area contributed by atoms with Gasteiger partial charge < -0.3 is 10.1 Å². The van der Waals surface area contributed by atoms with Gasteiger partial charge in [-0.05, 0) is 56.2 Å². The third-order valence-corrected chi connectivity index (χ3v) is 4.37. The average molecular weight is 438 g/mol. The average Bonchev–Trinajstić information content (AvgIpc) is 3.26. The summed E-state index contributed by atoms with van der Waals surface area (Å²) in [4.78, 5) is 18.7. The van der Waals surface area contributed by atoms with Crippen LogP contribution in [0, 0.1) is 0 Å². The van der Waals surface area contributed by atoms with Gasteiger partial charge in [0.05, 0.1) is 23.4 Å². The third kappa shape index (κ3) is 6.79. The number of carbonyl (C=O) groups excluding carboxylic acids is 1. The maximum absolute atomic E-state index is 9.60. The summed E-state index contributed by atoms with van der Waals surface area (Å²) in [6.45, 7) is 6.57. The van der Waals surface area contributed by atoms with Crippen LogP contribution in [0.5, 0.6) is 0 Å². The number of benzene rings is 2. The van der Waals surface area contributed by atoms with E-state index in [2.05, 4.69) is 30.2 Å². The Morgan fingerprint density at radius 2 is 1.94 bits per heavy atom. The summed E-state index contributed by atoms with van der Waals surface area (Å²) in [6.07, 6.45) is 5.39. The maximum Gasteiger partial charge on any atom is 0.293 e. The van der Waals surface area contributed by atoms with E-state index < -0.39 is 0 Å². The summed E-state index contributed by atoms with van der Waals surface area (Å²) in [5, 5.41) is 10.8. The number of hydrogen-bond acceptors (Lipinski definition) is 6. The van der Waals surface area contributed by atoms with E-state index in [1.54, 1.807) is 12.4 Å². The molecule has 0 saturated heterocycles. The quantitative estimate of drug-likeness (QED) is 0.414. The van der Waals surface area contributed by atoms with E-state index in [1.165, 1.54) is 0 Å². The number of hydrogen-bond donors (Lipinski definition) is 2. The van der Waals surface area contributed by atoms with E-state index in [0.717, 1.165) is 38.6 Å². The molecule has 0 radical (unpaired) electrons. The number of rotatable bonds is 5. The molecule has 0 aliphatic heterocycles. The zero-order valence-corrected chi connectivity index (χ0v) is 18.3. The van der Waals surface area contributed by atoms with Gasteiger partial charge in [0.2, 0.25) is 0 Å². The second-order valence-electron chi connectivity index (χ2n) is 7.76. The van der Waals surface area contributed by atoms with E-state index in [0.29, 0.717) is 13.0 Å². The van der Waals surface area contributed by atoms with Crippen LogP contribution in [-0.2, 0) is 16.1 Å². The number of aromatic nitrogens is 4. The fourth-order valence-corrected chi connectivity index (χ4v) is 2.88. The van der Waals surface area contributed by atoms with Crippen molar-refractivity contribution >= 4 is 34.9 Å². The first kappa shape index (κ1) is 22.2. The molecule has 2 aromatic carbocycles. The van der Waals surface area contributed by atoms with Crippen molar-refractivity contribution < 1.29 is 9.53 Å². The van der Waals surface area contributed by atoms with Crippen LogP contribution in [0.25, 0.3) is 22.2 Å². The summed E-state index contributed by atoms with van der Waals surface area (Å²) in [5.74, 6) is 0.735. The van der Waals surface area contributed by atoms with Gasteiger partial charge in [0.1, 0.15) is 11.4 Å². The highest BCUT2D eigenvalue weighted by molar-refractivity contribution is 6.30. The second-order valence-corrected chi connectivity index (χ2v) is 8.19. The van der Waals surface area contributed by atoms with Gasteiger partial charge in [-0.15, -0.1) is 0 Å². The monoisotopic (exact) mass is 437 g/mol. The van der Waals surface area contributed by atoms with E-state index >= 15 is 0 Å². The summed E-state index contributed by atoms with van der Waals surface area (Å²) in [7, 11) is 0. The van der Waals surface area contributed by atoms with Gasteiger partial charge in [-0.25, -0.2) is 4.98 Å². The number of anilines is 1. The Bertz CT molecular complexity index is 1140. The normalized spacial score (nSPS) is 10.8. The van der Waals surface area contributed by atoms with Crippen molar-refractivity contribution in [2.45, 2.75) is 32.9 Å². The standard InChI is InChI=1S/C18H14ClN5.C5H10O2/c19-15-3-1-2-12(6-15)8-21-18-11-20-17-7-13(4-5-16(17)24-18)14-9-22-23-10-14;1-5(2,3)7-4-6/h1-7,9-11H,8H2,(H,21,24)(H,22,23);4H,1-3H3. The minimum atomic E-state index is -0.318. The van der Waals surface area contributed by atoms with E-state index in [1.807, 2.05) is 69.4 Å². The Labute approximate surface area is 185 Å². The fourth-order valence-electron chi connectivity index (χ4n) is 2.67. The summed E-state index contributed by atoms with van der Waals surface area (Å²) in [5.41, 5.74) is 4.56. The van der Waals surface area contributed by atoms with Crippen LogP contribution in [0.4, 0.5) is 5.82 Å². The third-order valence-electron chi connectivity index (χ3n) is 4.14. The van der Waals surface area contributed by atoms with Gasteiger partial charge in [-0.2, -0.15) is 5.10 Å². The molecule has 31 heavy (non-hydrogen) atoms. The number of ether oxygens (including phenoxy) is 1. The molecule has 4 aromatic rings. The van der Waals surface area contributed by atoms with E-state index in [9.17, 15) is 4.79 Å². The van der Waals surface area contributed by atoms with Crippen LogP contribution in [0.2, 0.25) is 5.02 Å². The summed E-state index contributed by atoms with van der Waals surface area (Å²) in [6, 6.07) is 13.7. The van der Waals surface area contributed by atoms with Gasteiger partial charge in [-0.1, -0.05) is 29.8 Å². The minimum absolute atomic E-state index is 0.318. The zero-order chi connectivity index (χ0) is 22.3. The van der Waals surface area contributed by atoms with E-state index in [4.69, 9.17) is 11.6 Å². The molecular formula is C23H24ClN5O2. The lowest BCUT2D eigenvalue weighted by Gasteiger charge is -2.14. The molecule has 7 nitrogen and oxygen atoms in total. The first-order valence-corrected chi connectivity index (χ1v) is 10.1. The molecule has 2 heterocycles. The smallest absolute Gasteiger partial charge is 0.293 e. The van der Waals surface area contributed by atoms with Gasteiger partial charge in [0.25, 0.3) is 6.47 Å². The van der Waals surface area contributed by atoms with Crippen molar-refractivity contribution in [3.05, 3.63) is 71.6 Å². The minimum Gasteiger partial charge on any atom is -0.462 e. The Hall–Kier alpha value is -3.45. The van der Waals surface area contributed by atoms with Crippen LogP contribution >= 0.6 is 11.6 Å². The molecule has 0 aliphatic rings. The molecule has 4 rings (SSSR count). The molecule has 0 bridgehead atoms. The van der Waals surface area contributed by atoms with Crippen LogP contribution in [0.1, 0.15) is 26.3 Å². The van der Waals surface area contributed by atoms with Gasteiger partial charge >= 0.3 is 0 Å². The van der Waals surface area contributed by atoms with Crippen molar-refractivity contribution in [2.75, 3.05) is 5.32 Å². The van der Waals surface area contributed by atoms with Gasteiger partial charge in [-0.3, -0.25) is 14.9 Å². The highest BCUT2D eigenvalue weighted by atomic mass is 35.5. The molecule has 0 spiro atoms. The molecule has 0 saturated carbocycles. The van der Waals surface area contributed by atoms with Crippen molar-refractivity contribution in [3.8, 4) is 11.1 Å². The molecule has 2 aromatic heterocycles. The van der Waals surface area contributed by atoms with Crippen LogP contribution in [0.3, 0.4) is 0 Å². The predicted molar refractivity (Wildman–Crippen MR) is 123 cm³/mol. The van der Waals surface area contributed by atoms with Gasteiger partial charge in [0.15, 0.2) is 0 Å². The Kier molecular flexibility index (Phi) is 7.20. The Morgan fingerprint density at radius 1 is 1.10 bits per heavy atom. The molecule has 160 valence electrons. The number of halogens is 1. The largest absolute Gasteiger partial charge is 0.462 e. The van der Waals surface area contributed by atoms with Crippen molar-refractivity contribution in [2.24, 2.45) is 0 Å². The number of carbonyl (C=O) groups is 1. The van der Waals surface area contributed by atoms with Crippen LogP contribution in [0.15, 0.2) is 61.1 Å². The number of aromatic amines is 1. The molecule has 8 heteroatoms. The van der Waals surface area contributed by atoms with Crippen molar-refractivity contribution in [1.29, 1.82) is 0 Å². The van der Waals surface area contributed by atoms with Crippen LogP contribution in [-0.4, -0.2) is 32.2 Å².